The van der Waals surface area contributed by atoms with Crippen LogP contribution in [0.5, 0.6) is 0 Å². The SMILES string of the molecule is [N-]=[N+]=NS(=O)(=O)C(F)F. The number of azide groups is 1. The number of hydrogen-bond acceptors (Lipinski definition) is 2. The van der Waals surface area contributed by atoms with Crippen molar-refractivity contribution in [3.63, 3.8) is 0 Å². The molecule has 0 atom stereocenters. The zero-order chi connectivity index (χ0) is 7.49. The van der Waals surface area contributed by atoms with E-state index >= 15 is 0 Å². The topological polar surface area (TPSA) is 82.9 Å². The van der Waals surface area contributed by atoms with Gasteiger partial charge in [-0.05, 0) is 5.53 Å². The van der Waals surface area contributed by atoms with Crippen LogP contribution in [0.3, 0.4) is 0 Å². The van der Waals surface area contributed by atoms with Gasteiger partial charge < -0.3 is 0 Å². The van der Waals surface area contributed by atoms with Crippen LogP contribution in [0.25, 0.3) is 10.4 Å². The van der Waals surface area contributed by atoms with Crippen LogP contribution in [0.15, 0.2) is 4.52 Å². The molecule has 0 aliphatic heterocycles. The summed E-state index contributed by atoms with van der Waals surface area (Å²) in [5.74, 6) is -3.63. The van der Waals surface area contributed by atoms with Crippen molar-refractivity contribution in [1.82, 2.24) is 0 Å². The van der Waals surface area contributed by atoms with Crippen molar-refractivity contribution in [1.29, 1.82) is 0 Å². The van der Waals surface area contributed by atoms with Gasteiger partial charge >= 0.3 is 5.76 Å². The van der Waals surface area contributed by atoms with Gasteiger partial charge in [0.25, 0.3) is 10.0 Å². The summed E-state index contributed by atoms with van der Waals surface area (Å²) < 4.78 is 43.7. The van der Waals surface area contributed by atoms with E-state index in [0.717, 1.165) is 0 Å². The van der Waals surface area contributed by atoms with E-state index in [0.29, 0.717) is 0 Å². The monoisotopic (exact) mass is 157 g/mol. The highest BCUT2D eigenvalue weighted by Gasteiger charge is 2.21. The van der Waals surface area contributed by atoms with Crippen molar-refractivity contribution >= 4 is 10.0 Å². The second kappa shape index (κ2) is 2.60. The van der Waals surface area contributed by atoms with Crippen molar-refractivity contribution in [2.24, 2.45) is 4.52 Å². The van der Waals surface area contributed by atoms with E-state index in [9.17, 15) is 17.2 Å². The predicted octanol–water partition coefficient (Wildman–Crippen LogP) is 0.849. The lowest BCUT2D eigenvalue weighted by Crippen LogP contribution is -2.05. The average Bonchev–Trinajstić information content (AvgIpc) is 1.65. The zero-order valence-corrected chi connectivity index (χ0v) is 4.72. The van der Waals surface area contributed by atoms with Crippen LogP contribution in [0.2, 0.25) is 0 Å². The van der Waals surface area contributed by atoms with Crippen LogP contribution in [0, 0.1) is 0 Å². The Labute approximate surface area is 49.0 Å². The molecule has 0 aromatic heterocycles. The molecule has 0 aromatic carbocycles. The van der Waals surface area contributed by atoms with E-state index in [-0.39, 0.29) is 0 Å². The number of alkyl halides is 2. The molecule has 5 nitrogen and oxygen atoms in total. The molecule has 0 unspecified atom stereocenters. The van der Waals surface area contributed by atoms with Crippen molar-refractivity contribution in [3.05, 3.63) is 10.4 Å². The highest BCUT2D eigenvalue weighted by Crippen LogP contribution is 2.05. The summed E-state index contributed by atoms with van der Waals surface area (Å²) in [6.45, 7) is 0. The van der Waals surface area contributed by atoms with Crippen molar-refractivity contribution in [2.75, 3.05) is 0 Å². The number of halogens is 2. The maximum atomic E-state index is 11.1. The van der Waals surface area contributed by atoms with E-state index in [1.165, 1.54) is 0 Å². The largest absolute Gasteiger partial charge is 0.344 e. The van der Waals surface area contributed by atoms with Crippen LogP contribution in [-0.4, -0.2) is 14.2 Å². The van der Waals surface area contributed by atoms with Gasteiger partial charge in [0.05, 0.1) is 0 Å². The molecule has 9 heavy (non-hydrogen) atoms. The Balaban J connectivity index is 4.62. The highest BCUT2D eigenvalue weighted by atomic mass is 32.2. The average molecular weight is 157 g/mol. The molecule has 0 saturated heterocycles. The van der Waals surface area contributed by atoms with E-state index in [1.54, 1.807) is 4.91 Å². The zero-order valence-electron chi connectivity index (χ0n) is 3.90. The van der Waals surface area contributed by atoms with Crippen molar-refractivity contribution < 1.29 is 17.2 Å². The quantitative estimate of drug-likeness (QED) is 0.338. The van der Waals surface area contributed by atoms with Crippen LogP contribution in [-0.2, 0) is 10.0 Å². The van der Waals surface area contributed by atoms with Gasteiger partial charge in [0, 0.05) is 9.43 Å². The van der Waals surface area contributed by atoms with E-state index in [1.807, 2.05) is 4.52 Å². The second-order valence-electron chi connectivity index (χ2n) is 0.947. The van der Waals surface area contributed by atoms with Crippen molar-refractivity contribution in [2.45, 2.75) is 5.76 Å². The highest BCUT2D eigenvalue weighted by molar-refractivity contribution is 7.90. The molecule has 0 radical (unpaired) electrons. The molecule has 0 saturated carbocycles. The molecule has 0 amide bonds. The van der Waals surface area contributed by atoms with Gasteiger partial charge in [-0.25, -0.2) is 8.42 Å². The number of rotatable bonds is 2. The molecule has 0 aromatic rings. The Hall–Kier alpha value is -0.880. The number of hydrogen-bond donors (Lipinski definition) is 0. The summed E-state index contributed by atoms with van der Waals surface area (Å²) in [5, 5.41) is 0. The minimum absolute atomic E-state index is 1.69. The Morgan fingerprint density at radius 3 is 2.11 bits per heavy atom. The van der Waals surface area contributed by atoms with Gasteiger partial charge in [0.2, 0.25) is 0 Å². The lowest BCUT2D eigenvalue weighted by atomic mass is 11.7. The predicted molar refractivity (Wildman–Crippen MR) is 24.1 cm³/mol. The van der Waals surface area contributed by atoms with Crippen LogP contribution in [0.4, 0.5) is 8.78 Å². The van der Waals surface area contributed by atoms with Crippen LogP contribution in [0.1, 0.15) is 0 Å². The van der Waals surface area contributed by atoms with Gasteiger partial charge in [0.15, 0.2) is 0 Å². The third-order valence-electron chi connectivity index (χ3n) is 0.375. The molecule has 0 heterocycles. The van der Waals surface area contributed by atoms with Crippen LogP contribution >= 0.6 is 0 Å². The molecule has 0 rings (SSSR count). The summed E-state index contributed by atoms with van der Waals surface area (Å²) in [5.41, 5.74) is 7.40. The minimum atomic E-state index is -4.87. The maximum Gasteiger partial charge on any atom is 0.344 e. The first-order valence-corrected chi connectivity index (χ1v) is 3.09. The van der Waals surface area contributed by atoms with Gasteiger partial charge in [0.1, 0.15) is 0 Å². The first kappa shape index (κ1) is 8.12. The van der Waals surface area contributed by atoms with Gasteiger partial charge in [-0.2, -0.15) is 8.78 Å². The number of nitrogens with zero attached hydrogens (tertiary/aromatic N) is 3. The lowest BCUT2D eigenvalue weighted by Gasteiger charge is -1.88. The normalized spacial score (nSPS) is 11.0. The number of sulfonamides is 1. The third kappa shape index (κ3) is 2.24. The molecule has 0 aliphatic rings. The molecule has 0 fully saturated rings. The molecular formula is CHF2N3O2S. The summed E-state index contributed by atoms with van der Waals surface area (Å²) in [6, 6.07) is 0. The molecule has 0 bridgehead atoms. The second-order valence-corrected chi connectivity index (χ2v) is 2.50. The van der Waals surface area contributed by atoms with Crippen molar-refractivity contribution in [3.8, 4) is 0 Å². The van der Waals surface area contributed by atoms with Crippen LogP contribution < -0.4 is 0 Å². The smallest absolute Gasteiger partial charge is 0.215 e. The fraction of sp³-hybridized carbons (Fsp3) is 1.00. The minimum Gasteiger partial charge on any atom is -0.215 e. The van der Waals surface area contributed by atoms with E-state index in [4.69, 9.17) is 5.53 Å². The first-order valence-electron chi connectivity index (χ1n) is 1.59. The van der Waals surface area contributed by atoms with Gasteiger partial charge in [-0.3, -0.25) is 0 Å². The van der Waals surface area contributed by atoms with Gasteiger partial charge in [-0.15, -0.1) is 0 Å². The van der Waals surface area contributed by atoms with Gasteiger partial charge in [-0.1, -0.05) is 0 Å². The fourth-order valence-electron chi connectivity index (χ4n) is 0.0865. The Morgan fingerprint density at radius 1 is 1.56 bits per heavy atom. The summed E-state index contributed by atoms with van der Waals surface area (Å²) in [6.07, 6.45) is 0. The molecule has 0 aliphatic carbocycles. The first-order chi connectivity index (χ1) is 4.00. The Morgan fingerprint density at radius 2 is 2.00 bits per heavy atom. The molecule has 8 heteroatoms. The molecule has 52 valence electrons. The fourth-order valence-corrected chi connectivity index (χ4v) is 0.260. The third-order valence-corrected chi connectivity index (χ3v) is 1.13. The molecule has 0 spiro atoms. The maximum absolute atomic E-state index is 11.1. The summed E-state index contributed by atoms with van der Waals surface area (Å²) >= 11 is 0. The standard InChI is InChI=1S/CHF2N3O2S/c2-1(3)9(7,8)6-5-4/h1H. The lowest BCUT2D eigenvalue weighted by molar-refractivity contribution is 0.235. The molecular weight excluding hydrogens is 156 g/mol. The van der Waals surface area contributed by atoms with E-state index in [2.05, 4.69) is 0 Å². The van der Waals surface area contributed by atoms with E-state index < -0.39 is 15.8 Å². The Bertz CT molecular complexity index is 226. The summed E-state index contributed by atoms with van der Waals surface area (Å²) in [7, 11) is -4.87. The summed E-state index contributed by atoms with van der Waals surface area (Å²) in [4.78, 5) is 1.69. The Kier molecular flexibility index (Phi) is 2.35. The molecule has 0 N–H and O–H groups in total.